The fourth-order valence-corrected chi connectivity index (χ4v) is 1.48. The van der Waals surface area contributed by atoms with Crippen molar-refractivity contribution in [2.75, 3.05) is 13.2 Å². The molecule has 0 fully saturated rings. The molecule has 0 spiro atoms. The molecule has 16 heavy (non-hydrogen) atoms. The third-order valence-corrected chi connectivity index (χ3v) is 2.38. The lowest BCUT2D eigenvalue weighted by atomic mass is 10.1. The van der Waals surface area contributed by atoms with Crippen molar-refractivity contribution in [1.29, 1.82) is 0 Å². The van der Waals surface area contributed by atoms with E-state index < -0.39 is 11.6 Å². The van der Waals surface area contributed by atoms with Crippen LogP contribution in [0.3, 0.4) is 0 Å². The van der Waals surface area contributed by atoms with Crippen LogP contribution in [0.4, 0.5) is 8.78 Å². The molecule has 0 aliphatic carbocycles. The van der Waals surface area contributed by atoms with Crippen molar-refractivity contribution in [2.45, 2.75) is 13.5 Å². The topological polar surface area (TPSA) is 33.6 Å². The normalized spacial score (nSPS) is 14.6. The van der Waals surface area contributed by atoms with E-state index in [1.54, 1.807) is 6.92 Å². The molecule has 1 aromatic carbocycles. The summed E-state index contributed by atoms with van der Waals surface area (Å²) in [6.07, 6.45) is 0. The number of hydrogen-bond donors (Lipinski definition) is 1. The summed E-state index contributed by atoms with van der Waals surface area (Å²) in [6.45, 7) is 2.74. The Morgan fingerprint density at radius 1 is 1.44 bits per heavy atom. The van der Waals surface area contributed by atoms with Crippen molar-refractivity contribution >= 4 is 6.02 Å². The van der Waals surface area contributed by atoms with Gasteiger partial charge in [0.1, 0.15) is 18.2 Å². The van der Waals surface area contributed by atoms with Gasteiger partial charge >= 0.3 is 0 Å². The van der Waals surface area contributed by atoms with Crippen LogP contribution >= 0.6 is 0 Å². The van der Waals surface area contributed by atoms with Gasteiger partial charge in [0.15, 0.2) is 0 Å². The summed E-state index contributed by atoms with van der Waals surface area (Å²) in [5, 5.41) is 2.75. The number of nitrogens with zero attached hydrogens (tertiary/aromatic N) is 1. The molecule has 1 heterocycles. The summed E-state index contributed by atoms with van der Waals surface area (Å²) in [5.74, 6) is -1.08. The van der Waals surface area contributed by atoms with E-state index in [1.165, 1.54) is 12.1 Å². The number of aliphatic imine (C=N–C) groups is 1. The second-order valence-electron chi connectivity index (χ2n) is 3.55. The van der Waals surface area contributed by atoms with E-state index in [2.05, 4.69) is 10.3 Å². The van der Waals surface area contributed by atoms with Crippen molar-refractivity contribution < 1.29 is 13.5 Å². The minimum Gasteiger partial charge on any atom is -0.463 e. The van der Waals surface area contributed by atoms with Crippen LogP contribution in [-0.2, 0) is 11.3 Å². The third-order valence-electron chi connectivity index (χ3n) is 2.38. The Hall–Kier alpha value is -1.65. The highest BCUT2D eigenvalue weighted by molar-refractivity contribution is 5.74. The van der Waals surface area contributed by atoms with Gasteiger partial charge in [0.05, 0.1) is 13.1 Å². The molecule has 1 aliphatic heterocycles. The molecule has 0 saturated carbocycles. The van der Waals surface area contributed by atoms with Gasteiger partial charge in [-0.15, -0.1) is 0 Å². The minimum absolute atomic E-state index is 0.0122. The maximum absolute atomic E-state index is 13.6. The molecular formula is C11H12F2N2O. The summed E-state index contributed by atoms with van der Waals surface area (Å²) in [4.78, 5) is 3.97. The molecule has 0 unspecified atom stereocenters. The zero-order valence-electron chi connectivity index (χ0n) is 8.89. The minimum atomic E-state index is -0.561. The van der Waals surface area contributed by atoms with Crippen LogP contribution in [-0.4, -0.2) is 19.2 Å². The molecule has 0 bridgehead atoms. The standard InChI is InChI=1S/C11H12F2N2O/c1-7-2-3-9(12)8(10(7)13)6-15-11-14-4-5-16-11/h2-3H,4-6H2,1H3,(H,14,15). The molecule has 0 atom stereocenters. The molecule has 0 amide bonds. The Morgan fingerprint density at radius 2 is 2.25 bits per heavy atom. The second-order valence-corrected chi connectivity index (χ2v) is 3.55. The van der Waals surface area contributed by atoms with Gasteiger partial charge in [0.25, 0.3) is 6.02 Å². The lowest BCUT2D eigenvalue weighted by Gasteiger charge is -2.09. The van der Waals surface area contributed by atoms with Crippen LogP contribution in [0.1, 0.15) is 11.1 Å². The molecule has 0 saturated heterocycles. The Bertz CT molecular complexity index is 432. The van der Waals surface area contributed by atoms with Gasteiger partial charge in [0, 0.05) is 5.56 Å². The SMILES string of the molecule is Cc1ccc(F)c(CNC2=NCCO2)c1F. The van der Waals surface area contributed by atoms with Crippen LogP contribution < -0.4 is 5.32 Å². The fourth-order valence-electron chi connectivity index (χ4n) is 1.48. The van der Waals surface area contributed by atoms with Gasteiger partial charge in [-0.2, -0.15) is 0 Å². The molecule has 0 aromatic heterocycles. The summed E-state index contributed by atoms with van der Waals surface area (Å²) < 4.78 is 32.0. The first-order valence-electron chi connectivity index (χ1n) is 5.03. The number of rotatable bonds is 2. The molecule has 3 nitrogen and oxygen atoms in total. The monoisotopic (exact) mass is 226 g/mol. The Balaban J connectivity index is 2.11. The van der Waals surface area contributed by atoms with Crippen LogP contribution in [0.2, 0.25) is 0 Å². The maximum atomic E-state index is 13.6. The van der Waals surface area contributed by atoms with Crippen molar-refractivity contribution in [3.63, 3.8) is 0 Å². The predicted octanol–water partition coefficient (Wildman–Crippen LogP) is 1.75. The number of ether oxygens (including phenoxy) is 1. The maximum Gasteiger partial charge on any atom is 0.285 e. The smallest absolute Gasteiger partial charge is 0.285 e. The van der Waals surface area contributed by atoms with Crippen LogP contribution in [0.15, 0.2) is 17.1 Å². The first-order valence-corrected chi connectivity index (χ1v) is 5.03. The largest absolute Gasteiger partial charge is 0.463 e. The molecule has 0 radical (unpaired) electrons. The van der Waals surface area contributed by atoms with Crippen LogP contribution in [0.25, 0.3) is 0 Å². The van der Waals surface area contributed by atoms with E-state index in [1.807, 2.05) is 0 Å². The highest BCUT2D eigenvalue weighted by Gasteiger charge is 2.13. The number of hydrogen-bond acceptors (Lipinski definition) is 3. The van der Waals surface area contributed by atoms with Crippen molar-refractivity contribution in [1.82, 2.24) is 5.32 Å². The number of amidine groups is 1. The summed E-state index contributed by atoms with van der Waals surface area (Å²) in [5.41, 5.74) is 0.436. The van der Waals surface area contributed by atoms with Crippen molar-refractivity contribution in [3.05, 3.63) is 34.9 Å². The highest BCUT2D eigenvalue weighted by Crippen LogP contribution is 2.16. The first-order chi connectivity index (χ1) is 7.68. The fraction of sp³-hybridized carbons (Fsp3) is 0.364. The number of nitrogens with one attached hydrogen (secondary N) is 1. The van der Waals surface area contributed by atoms with Gasteiger partial charge in [-0.3, -0.25) is 0 Å². The molecule has 1 N–H and O–H groups in total. The van der Waals surface area contributed by atoms with E-state index in [0.717, 1.165) is 0 Å². The Morgan fingerprint density at radius 3 is 2.94 bits per heavy atom. The number of halogens is 2. The summed E-state index contributed by atoms with van der Waals surface area (Å²) in [7, 11) is 0. The van der Waals surface area contributed by atoms with Crippen LogP contribution in [0.5, 0.6) is 0 Å². The van der Waals surface area contributed by atoms with Crippen molar-refractivity contribution in [2.24, 2.45) is 4.99 Å². The molecule has 86 valence electrons. The zero-order valence-corrected chi connectivity index (χ0v) is 8.89. The number of aryl methyl sites for hydroxylation is 1. The lowest BCUT2D eigenvalue weighted by Crippen LogP contribution is -2.24. The lowest BCUT2D eigenvalue weighted by molar-refractivity contribution is 0.330. The summed E-state index contributed by atoms with van der Waals surface area (Å²) in [6, 6.07) is 3.02. The Kier molecular flexibility index (Phi) is 3.03. The van der Waals surface area contributed by atoms with Gasteiger partial charge in [-0.05, 0) is 18.6 Å². The highest BCUT2D eigenvalue weighted by atomic mass is 19.1. The van der Waals surface area contributed by atoms with Gasteiger partial charge in [-0.25, -0.2) is 13.8 Å². The quantitative estimate of drug-likeness (QED) is 0.833. The van der Waals surface area contributed by atoms with Gasteiger partial charge in [0.2, 0.25) is 0 Å². The second kappa shape index (κ2) is 4.47. The summed E-state index contributed by atoms with van der Waals surface area (Å²) >= 11 is 0. The van der Waals surface area contributed by atoms with E-state index in [9.17, 15) is 8.78 Å². The average molecular weight is 226 g/mol. The predicted molar refractivity (Wildman–Crippen MR) is 56.2 cm³/mol. The van der Waals surface area contributed by atoms with E-state index in [4.69, 9.17) is 4.74 Å². The van der Waals surface area contributed by atoms with Gasteiger partial charge in [-0.1, -0.05) is 6.07 Å². The zero-order chi connectivity index (χ0) is 11.5. The third kappa shape index (κ3) is 2.13. The molecule has 2 rings (SSSR count). The van der Waals surface area contributed by atoms with E-state index >= 15 is 0 Å². The van der Waals surface area contributed by atoms with E-state index in [-0.39, 0.29) is 12.1 Å². The van der Waals surface area contributed by atoms with Crippen LogP contribution in [0, 0.1) is 18.6 Å². The molecular weight excluding hydrogens is 214 g/mol. The number of benzene rings is 1. The Labute approximate surface area is 92.1 Å². The van der Waals surface area contributed by atoms with Gasteiger partial charge < -0.3 is 10.1 Å². The average Bonchev–Trinajstić information content (AvgIpc) is 2.77. The van der Waals surface area contributed by atoms with E-state index in [0.29, 0.717) is 24.7 Å². The molecule has 5 heteroatoms. The van der Waals surface area contributed by atoms with Crippen molar-refractivity contribution in [3.8, 4) is 0 Å². The molecule has 1 aliphatic rings. The first kappa shape index (κ1) is 10.9. The molecule has 1 aromatic rings.